The number of hydrogen-bond acceptors (Lipinski definition) is 5. The summed E-state index contributed by atoms with van der Waals surface area (Å²) in [5.74, 6) is -0.504. The van der Waals surface area contributed by atoms with Crippen LogP contribution in [0.4, 0.5) is 4.79 Å². The van der Waals surface area contributed by atoms with Crippen LogP contribution in [0.5, 0.6) is 0 Å². The van der Waals surface area contributed by atoms with Gasteiger partial charge in [-0.25, -0.2) is 9.59 Å². The monoisotopic (exact) mass is 273 g/mol. The Morgan fingerprint density at radius 1 is 1.32 bits per heavy atom. The lowest BCUT2D eigenvalue weighted by Gasteiger charge is -2.44. The van der Waals surface area contributed by atoms with Crippen LogP contribution >= 0.6 is 0 Å². The van der Waals surface area contributed by atoms with Crippen LogP contribution in [0.3, 0.4) is 0 Å². The van der Waals surface area contributed by atoms with E-state index in [1.54, 1.807) is 34.6 Å². The molecule has 1 amide bonds. The minimum atomic E-state index is -0.805. The van der Waals surface area contributed by atoms with E-state index < -0.39 is 29.3 Å². The van der Waals surface area contributed by atoms with Gasteiger partial charge in [-0.15, -0.1) is 0 Å². The Labute approximate surface area is 114 Å². The summed E-state index contributed by atoms with van der Waals surface area (Å²) in [6.07, 6.45) is -0.528. The van der Waals surface area contributed by atoms with Crippen LogP contribution < -0.4 is 0 Å². The number of methoxy groups -OCH3 is 1. The van der Waals surface area contributed by atoms with Crippen LogP contribution in [0, 0.1) is 0 Å². The Morgan fingerprint density at radius 3 is 2.37 bits per heavy atom. The number of esters is 1. The highest BCUT2D eigenvalue weighted by Crippen LogP contribution is 2.27. The van der Waals surface area contributed by atoms with Crippen molar-refractivity contribution in [3.8, 4) is 0 Å². The van der Waals surface area contributed by atoms with Gasteiger partial charge in [0.15, 0.2) is 6.04 Å². The number of morpholine rings is 1. The van der Waals surface area contributed by atoms with Crippen molar-refractivity contribution in [2.24, 2.45) is 0 Å². The Morgan fingerprint density at radius 2 is 1.89 bits per heavy atom. The molecule has 0 aromatic rings. The second-order valence-electron chi connectivity index (χ2n) is 6.05. The quantitative estimate of drug-likeness (QED) is 0.679. The molecule has 19 heavy (non-hydrogen) atoms. The van der Waals surface area contributed by atoms with E-state index in [0.717, 1.165) is 0 Å². The molecule has 1 saturated heterocycles. The van der Waals surface area contributed by atoms with Gasteiger partial charge in [0.1, 0.15) is 5.60 Å². The van der Waals surface area contributed by atoms with Gasteiger partial charge in [-0.3, -0.25) is 4.90 Å². The first-order chi connectivity index (χ1) is 8.58. The molecule has 0 aromatic carbocycles. The van der Waals surface area contributed by atoms with Gasteiger partial charge >= 0.3 is 12.1 Å². The molecule has 0 spiro atoms. The van der Waals surface area contributed by atoms with E-state index in [2.05, 4.69) is 0 Å². The van der Waals surface area contributed by atoms with Crippen LogP contribution in [-0.2, 0) is 19.0 Å². The van der Waals surface area contributed by atoms with Crippen molar-refractivity contribution in [2.75, 3.05) is 20.3 Å². The fourth-order valence-corrected chi connectivity index (χ4v) is 2.03. The molecule has 1 fully saturated rings. The molecule has 1 aliphatic heterocycles. The molecule has 0 bridgehead atoms. The first-order valence-corrected chi connectivity index (χ1v) is 6.30. The topological polar surface area (TPSA) is 65.1 Å². The van der Waals surface area contributed by atoms with E-state index in [1.165, 1.54) is 12.0 Å². The zero-order chi connectivity index (χ0) is 14.8. The van der Waals surface area contributed by atoms with Gasteiger partial charge in [0, 0.05) is 6.54 Å². The number of carbonyl (C=O) groups is 2. The number of amides is 1. The second kappa shape index (κ2) is 5.36. The average Bonchev–Trinajstić information content (AvgIpc) is 2.24. The second-order valence-corrected chi connectivity index (χ2v) is 6.05. The third kappa shape index (κ3) is 3.83. The van der Waals surface area contributed by atoms with Crippen molar-refractivity contribution in [1.82, 2.24) is 4.90 Å². The number of carbonyl (C=O) groups excluding carboxylic acids is 2. The first kappa shape index (κ1) is 15.8. The molecular weight excluding hydrogens is 250 g/mol. The van der Waals surface area contributed by atoms with Crippen LogP contribution in [-0.4, -0.2) is 54.5 Å². The van der Waals surface area contributed by atoms with Gasteiger partial charge in [-0.05, 0) is 34.6 Å². The Balaban J connectivity index is 2.96. The number of hydrogen-bond donors (Lipinski definition) is 0. The maximum absolute atomic E-state index is 12.2. The van der Waals surface area contributed by atoms with E-state index in [1.807, 2.05) is 0 Å². The van der Waals surface area contributed by atoms with Crippen LogP contribution in [0.15, 0.2) is 0 Å². The molecule has 0 saturated carbocycles. The molecule has 0 aromatic heterocycles. The molecule has 1 aliphatic rings. The molecule has 0 radical (unpaired) electrons. The van der Waals surface area contributed by atoms with Crippen molar-refractivity contribution in [2.45, 2.75) is 51.9 Å². The van der Waals surface area contributed by atoms with Gasteiger partial charge in [-0.1, -0.05) is 0 Å². The summed E-state index contributed by atoms with van der Waals surface area (Å²) in [6.45, 7) is 9.52. The van der Waals surface area contributed by atoms with Crippen LogP contribution in [0.25, 0.3) is 0 Å². The third-order valence-corrected chi connectivity index (χ3v) is 2.83. The summed E-state index contributed by atoms with van der Waals surface area (Å²) in [6, 6.07) is -0.805. The highest BCUT2D eigenvalue weighted by Gasteiger charge is 2.47. The molecular formula is C13H23NO5. The van der Waals surface area contributed by atoms with Gasteiger partial charge in [0.05, 0.1) is 19.3 Å². The lowest BCUT2D eigenvalue weighted by molar-refractivity contribution is -0.172. The first-order valence-electron chi connectivity index (χ1n) is 6.30. The van der Waals surface area contributed by atoms with E-state index in [9.17, 15) is 9.59 Å². The Bertz CT molecular complexity index is 359. The minimum absolute atomic E-state index is 0.304. The minimum Gasteiger partial charge on any atom is -0.467 e. The van der Waals surface area contributed by atoms with Crippen molar-refractivity contribution >= 4 is 12.1 Å². The molecule has 0 N–H and O–H groups in total. The number of nitrogens with zero attached hydrogens (tertiary/aromatic N) is 1. The van der Waals surface area contributed by atoms with E-state index in [4.69, 9.17) is 14.2 Å². The van der Waals surface area contributed by atoms with Crippen molar-refractivity contribution in [1.29, 1.82) is 0 Å². The molecule has 1 atom stereocenters. The molecule has 1 rings (SSSR count). The largest absolute Gasteiger partial charge is 0.467 e. The molecule has 110 valence electrons. The third-order valence-electron chi connectivity index (χ3n) is 2.83. The average molecular weight is 273 g/mol. The van der Waals surface area contributed by atoms with Crippen molar-refractivity contribution < 1.29 is 23.8 Å². The predicted molar refractivity (Wildman–Crippen MR) is 68.8 cm³/mol. The lowest BCUT2D eigenvalue weighted by Crippen LogP contribution is -2.62. The highest BCUT2D eigenvalue weighted by molar-refractivity contribution is 5.83. The maximum Gasteiger partial charge on any atom is 0.411 e. The predicted octanol–water partition coefficient (Wildman–Crippen LogP) is 1.57. The smallest absolute Gasteiger partial charge is 0.411 e. The van der Waals surface area contributed by atoms with Crippen molar-refractivity contribution in [3.63, 3.8) is 0 Å². The number of ether oxygens (including phenoxy) is 3. The fraction of sp³-hybridized carbons (Fsp3) is 0.846. The highest BCUT2D eigenvalue weighted by atomic mass is 16.6. The van der Waals surface area contributed by atoms with Crippen LogP contribution in [0.1, 0.15) is 34.6 Å². The fourth-order valence-electron chi connectivity index (χ4n) is 2.03. The Kier molecular flexibility index (Phi) is 4.45. The molecule has 6 heteroatoms. The summed E-state index contributed by atoms with van der Waals surface area (Å²) in [5, 5.41) is 0. The van der Waals surface area contributed by atoms with Gasteiger partial charge in [0.2, 0.25) is 0 Å². The van der Waals surface area contributed by atoms with E-state index in [0.29, 0.717) is 13.2 Å². The normalized spacial score (nSPS) is 22.8. The summed E-state index contributed by atoms with van der Waals surface area (Å²) in [4.78, 5) is 25.5. The van der Waals surface area contributed by atoms with Crippen molar-refractivity contribution in [3.05, 3.63) is 0 Å². The number of rotatable bonds is 1. The summed E-state index contributed by atoms with van der Waals surface area (Å²) < 4.78 is 15.6. The molecule has 0 unspecified atom stereocenters. The summed E-state index contributed by atoms with van der Waals surface area (Å²) in [7, 11) is 1.29. The summed E-state index contributed by atoms with van der Waals surface area (Å²) in [5.41, 5.74) is -1.41. The zero-order valence-corrected chi connectivity index (χ0v) is 12.5. The molecule has 6 nitrogen and oxygen atoms in total. The SMILES string of the molecule is COC(=O)[C@H]1N(C(=O)OC(C)(C)C)CCOC1(C)C. The maximum atomic E-state index is 12.2. The van der Waals surface area contributed by atoms with E-state index >= 15 is 0 Å². The van der Waals surface area contributed by atoms with Gasteiger partial charge < -0.3 is 14.2 Å². The van der Waals surface area contributed by atoms with Gasteiger partial charge in [-0.2, -0.15) is 0 Å². The van der Waals surface area contributed by atoms with Crippen LogP contribution in [0.2, 0.25) is 0 Å². The zero-order valence-electron chi connectivity index (χ0n) is 12.5. The summed E-state index contributed by atoms with van der Waals surface area (Å²) >= 11 is 0. The molecule has 1 heterocycles. The Hall–Kier alpha value is -1.30. The van der Waals surface area contributed by atoms with Gasteiger partial charge in [0.25, 0.3) is 0 Å². The lowest BCUT2D eigenvalue weighted by atomic mass is 9.95. The molecule has 0 aliphatic carbocycles. The van der Waals surface area contributed by atoms with E-state index in [-0.39, 0.29) is 0 Å². The standard InChI is InChI=1S/C13H23NO5/c1-12(2,3)19-11(16)14-7-8-18-13(4,5)9(14)10(15)17-6/h9H,7-8H2,1-6H3/t9-/m1/s1.